The average Bonchev–Trinajstić information content (AvgIpc) is 2.70. The van der Waals surface area contributed by atoms with E-state index < -0.39 is 5.60 Å². The number of carbonyl (C=O) groups excluding carboxylic acids is 1. The van der Waals surface area contributed by atoms with Gasteiger partial charge in [-0.2, -0.15) is 0 Å². The fourth-order valence-corrected chi connectivity index (χ4v) is 1.70. The molecule has 1 aromatic heterocycles. The van der Waals surface area contributed by atoms with Crippen LogP contribution in [0.5, 0.6) is 0 Å². The molecule has 0 fully saturated rings. The Hall–Kier alpha value is -1.32. The van der Waals surface area contributed by atoms with Gasteiger partial charge in [-0.1, -0.05) is 11.6 Å². The molecule has 2 rings (SSSR count). The van der Waals surface area contributed by atoms with Crippen molar-refractivity contribution in [3.05, 3.63) is 35.0 Å². The molecule has 2 aromatic rings. The number of furan rings is 1. The molecule has 0 saturated carbocycles. The lowest BCUT2D eigenvalue weighted by Crippen LogP contribution is -2.33. The zero-order chi connectivity index (χ0) is 12.6. The van der Waals surface area contributed by atoms with Crippen LogP contribution in [-0.4, -0.2) is 18.5 Å². The fourth-order valence-electron chi connectivity index (χ4n) is 1.52. The van der Waals surface area contributed by atoms with Gasteiger partial charge in [0.1, 0.15) is 11.2 Å². The first-order chi connectivity index (χ1) is 7.94. The SMILES string of the molecule is COC(C)(C)C(=O)c1cc2cc(Cl)ccc2o1. The van der Waals surface area contributed by atoms with Crippen LogP contribution >= 0.6 is 11.6 Å². The first-order valence-corrected chi connectivity index (χ1v) is 5.61. The monoisotopic (exact) mass is 252 g/mol. The van der Waals surface area contributed by atoms with Crippen molar-refractivity contribution in [3.8, 4) is 0 Å². The summed E-state index contributed by atoms with van der Waals surface area (Å²) in [5.74, 6) is 0.0986. The summed E-state index contributed by atoms with van der Waals surface area (Å²) in [7, 11) is 1.50. The van der Waals surface area contributed by atoms with Crippen molar-refractivity contribution in [1.29, 1.82) is 0 Å². The lowest BCUT2D eigenvalue weighted by Gasteiger charge is -2.19. The van der Waals surface area contributed by atoms with Crippen LogP contribution in [0.15, 0.2) is 28.7 Å². The number of ether oxygens (including phenoxy) is 1. The molecule has 0 radical (unpaired) electrons. The molecule has 1 heterocycles. The summed E-state index contributed by atoms with van der Waals surface area (Å²) in [5, 5.41) is 1.43. The molecule has 0 saturated heterocycles. The van der Waals surface area contributed by atoms with Gasteiger partial charge in [0.2, 0.25) is 5.78 Å². The lowest BCUT2D eigenvalue weighted by atomic mass is 10.0. The smallest absolute Gasteiger partial charge is 0.229 e. The molecular weight excluding hydrogens is 240 g/mol. The molecule has 0 aliphatic heterocycles. The van der Waals surface area contributed by atoms with E-state index in [0.717, 1.165) is 5.39 Å². The zero-order valence-corrected chi connectivity index (χ0v) is 10.7. The van der Waals surface area contributed by atoms with Gasteiger partial charge < -0.3 is 9.15 Å². The van der Waals surface area contributed by atoms with E-state index >= 15 is 0 Å². The predicted molar refractivity (Wildman–Crippen MR) is 66.6 cm³/mol. The second-order valence-electron chi connectivity index (χ2n) is 4.34. The summed E-state index contributed by atoms with van der Waals surface area (Å²) in [6, 6.07) is 6.92. The fraction of sp³-hybridized carbons (Fsp3) is 0.308. The number of rotatable bonds is 3. The average molecular weight is 253 g/mol. The highest BCUT2D eigenvalue weighted by molar-refractivity contribution is 6.31. The maximum atomic E-state index is 12.1. The molecule has 0 atom stereocenters. The molecule has 0 aliphatic rings. The summed E-state index contributed by atoms with van der Waals surface area (Å²) in [4.78, 5) is 12.1. The van der Waals surface area contributed by atoms with Crippen molar-refractivity contribution in [2.24, 2.45) is 0 Å². The van der Waals surface area contributed by atoms with E-state index in [9.17, 15) is 4.79 Å². The minimum absolute atomic E-state index is 0.188. The minimum Gasteiger partial charge on any atom is -0.453 e. The van der Waals surface area contributed by atoms with Gasteiger partial charge in [-0.3, -0.25) is 4.79 Å². The van der Waals surface area contributed by atoms with Gasteiger partial charge in [-0.05, 0) is 38.1 Å². The molecule has 4 heteroatoms. The number of hydrogen-bond donors (Lipinski definition) is 0. The van der Waals surface area contributed by atoms with Gasteiger partial charge in [0.25, 0.3) is 0 Å². The maximum absolute atomic E-state index is 12.1. The van der Waals surface area contributed by atoms with E-state index in [1.807, 2.05) is 0 Å². The topological polar surface area (TPSA) is 39.4 Å². The molecule has 0 aliphatic carbocycles. The van der Waals surface area contributed by atoms with E-state index in [4.69, 9.17) is 20.8 Å². The van der Waals surface area contributed by atoms with Crippen molar-refractivity contribution < 1.29 is 13.9 Å². The Morgan fingerprint density at radius 2 is 2.06 bits per heavy atom. The van der Waals surface area contributed by atoms with Crippen LogP contribution in [0, 0.1) is 0 Å². The molecule has 17 heavy (non-hydrogen) atoms. The molecule has 3 nitrogen and oxygen atoms in total. The van der Waals surface area contributed by atoms with E-state index in [1.165, 1.54) is 7.11 Å². The highest BCUT2D eigenvalue weighted by Gasteiger charge is 2.30. The lowest BCUT2D eigenvalue weighted by molar-refractivity contribution is 0.0206. The van der Waals surface area contributed by atoms with E-state index in [-0.39, 0.29) is 11.5 Å². The summed E-state index contributed by atoms with van der Waals surface area (Å²) in [6.07, 6.45) is 0. The highest BCUT2D eigenvalue weighted by atomic mass is 35.5. The number of ketones is 1. The normalized spacial score (nSPS) is 12.0. The molecule has 1 aromatic carbocycles. The Balaban J connectivity index is 2.47. The van der Waals surface area contributed by atoms with Crippen molar-refractivity contribution in [1.82, 2.24) is 0 Å². The van der Waals surface area contributed by atoms with E-state index in [1.54, 1.807) is 38.1 Å². The summed E-state index contributed by atoms with van der Waals surface area (Å²) >= 11 is 5.87. The molecular formula is C13H13ClO3. The predicted octanol–water partition coefficient (Wildman–Crippen LogP) is 3.69. The van der Waals surface area contributed by atoms with Gasteiger partial charge in [0.15, 0.2) is 5.76 Å². The minimum atomic E-state index is -0.891. The first kappa shape index (κ1) is 12.1. The van der Waals surface area contributed by atoms with Crippen LogP contribution in [-0.2, 0) is 4.74 Å². The second-order valence-corrected chi connectivity index (χ2v) is 4.77. The quantitative estimate of drug-likeness (QED) is 0.782. The van der Waals surface area contributed by atoms with Crippen molar-refractivity contribution in [2.45, 2.75) is 19.4 Å². The summed E-state index contributed by atoms with van der Waals surface area (Å²) in [6.45, 7) is 3.41. The molecule has 90 valence electrons. The van der Waals surface area contributed by atoms with Gasteiger partial charge in [-0.15, -0.1) is 0 Å². The van der Waals surface area contributed by atoms with Crippen LogP contribution in [0.4, 0.5) is 0 Å². The second kappa shape index (κ2) is 4.17. The summed E-state index contributed by atoms with van der Waals surface area (Å²) < 4.78 is 10.6. The number of benzene rings is 1. The Morgan fingerprint density at radius 1 is 1.35 bits per heavy atom. The largest absolute Gasteiger partial charge is 0.453 e. The zero-order valence-electron chi connectivity index (χ0n) is 9.91. The third-order valence-corrected chi connectivity index (χ3v) is 2.99. The van der Waals surface area contributed by atoms with Crippen molar-refractivity contribution in [3.63, 3.8) is 0 Å². The molecule has 0 unspecified atom stereocenters. The number of halogens is 1. The third kappa shape index (κ3) is 2.21. The third-order valence-electron chi connectivity index (χ3n) is 2.76. The Morgan fingerprint density at radius 3 is 2.71 bits per heavy atom. The first-order valence-electron chi connectivity index (χ1n) is 5.23. The number of hydrogen-bond acceptors (Lipinski definition) is 3. The Bertz CT molecular complexity index is 569. The van der Waals surface area contributed by atoms with Crippen LogP contribution in [0.3, 0.4) is 0 Å². The number of carbonyl (C=O) groups is 1. The Kier molecular flexibility index (Phi) is 2.98. The maximum Gasteiger partial charge on any atom is 0.229 e. The molecule has 0 amide bonds. The molecule has 0 bridgehead atoms. The molecule has 0 spiro atoms. The number of Topliss-reactive ketones (excluding diaryl/α,β-unsaturated/α-hetero) is 1. The van der Waals surface area contributed by atoms with Crippen LogP contribution in [0.25, 0.3) is 11.0 Å². The highest BCUT2D eigenvalue weighted by Crippen LogP contribution is 2.26. The van der Waals surface area contributed by atoms with E-state index in [2.05, 4.69) is 0 Å². The standard InChI is InChI=1S/C13H13ClO3/c1-13(2,16-3)12(15)11-7-8-6-9(14)4-5-10(8)17-11/h4-7H,1-3H3. The van der Waals surface area contributed by atoms with E-state index in [0.29, 0.717) is 10.6 Å². The Labute approximate surface area is 104 Å². The summed E-state index contributed by atoms with van der Waals surface area (Å²) in [5.41, 5.74) is -0.248. The van der Waals surface area contributed by atoms with Crippen LogP contribution in [0.2, 0.25) is 5.02 Å². The van der Waals surface area contributed by atoms with Gasteiger partial charge in [-0.25, -0.2) is 0 Å². The number of fused-ring (bicyclic) bond motifs is 1. The van der Waals surface area contributed by atoms with Crippen molar-refractivity contribution >= 4 is 28.4 Å². The van der Waals surface area contributed by atoms with Crippen LogP contribution < -0.4 is 0 Å². The van der Waals surface area contributed by atoms with Crippen molar-refractivity contribution in [2.75, 3.05) is 7.11 Å². The van der Waals surface area contributed by atoms with Gasteiger partial charge in [0.05, 0.1) is 0 Å². The van der Waals surface area contributed by atoms with Gasteiger partial charge in [0, 0.05) is 17.5 Å². The molecule has 0 N–H and O–H groups in total. The number of methoxy groups -OCH3 is 1. The van der Waals surface area contributed by atoms with Crippen LogP contribution in [0.1, 0.15) is 24.4 Å². The van der Waals surface area contributed by atoms with Gasteiger partial charge >= 0.3 is 0 Å².